The van der Waals surface area contributed by atoms with Gasteiger partial charge in [-0.05, 0) is 0 Å². The molecule has 0 unspecified atom stereocenters. The van der Waals surface area contributed by atoms with E-state index in [0.717, 1.165) is 0 Å². The Bertz CT molecular complexity index is 27.7. The third kappa shape index (κ3) is 229. The molecule has 0 saturated carbocycles. The zero-order valence-electron chi connectivity index (χ0n) is 4.67. The highest BCUT2D eigenvalue weighted by Crippen LogP contribution is 1.44. The Morgan fingerprint density at radius 1 is 0.700 bits per heavy atom. The third-order valence-corrected chi connectivity index (χ3v) is 0. The van der Waals surface area contributed by atoms with E-state index in [1.165, 1.54) is 0 Å². The molecular weight excluding hydrogens is 158 g/mol. The van der Waals surface area contributed by atoms with Gasteiger partial charge in [-0.15, -0.1) is 0 Å². The average Bonchev–Trinajstić information content (AvgIpc) is 0.811. The summed E-state index contributed by atoms with van der Waals surface area (Å²) in [4.78, 5) is 8.25. The normalized spacial score (nSPS) is 2.40. The summed E-state index contributed by atoms with van der Waals surface area (Å²) in [7, 11) is 0. The number of rotatable bonds is 0. The van der Waals surface area contributed by atoms with E-state index in [2.05, 4.69) is 0 Å². The second-order valence-electron chi connectivity index (χ2n) is 0.224. The molecule has 10 heteroatoms. The fourth-order valence-electron chi connectivity index (χ4n) is 0. The minimum Gasteiger partial charge on any atom is -0.412 e. The standard InChI is InChI=1S/NO3.6H2O/c2-1(3)4;;;;;;/h;6*1H2/q-1;;;;;;. The molecule has 12 N–H and O–H groups in total. The van der Waals surface area contributed by atoms with Crippen LogP contribution in [-0.2, 0) is 0 Å². The first-order valence-electron chi connectivity index (χ1n) is 0.548. The minimum atomic E-state index is -1.75. The van der Waals surface area contributed by atoms with Crippen LogP contribution in [0.2, 0.25) is 0 Å². The van der Waals surface area contributed by atoms with Gasteiger partial charge in [-0.2, -0.15) is 0 Å². The van der Waals surface area contributed by atoms with E-state index in [1.807, 2.05) is 0 Å². The first-order chi connectivity index (χ1) is 1.73. The second-order valence-corrected chi connectivity index (χ2v) is 0.224. The molecule has 0 aromatic carbocycles. The van der Waals surface area contributed by atoms with Crippen molar-refractivity contribution in [3.05, 3.63) is 15.3 Å². The van der Waals surface area contributed by atoms with Crippen LogP contribution in [-0.4, -0.2) is 37.9 Å². The van der Waals surface area contributed by atoms with E-state index in [9.17, 15) is 0 Å². The highest BCUT2D eigenvalue weighted by atomic mass is 16.9. The molecule has 0 fully saturated rings. The molecule has 10 nitrogen and oxygen atoms in total. The molecule has 0 aliphatic heterocycles. The van der Waals surface area contributed by atoms with Crippen molar-refractivity contribution < 1.29 is 37.9 Å². The molecule has 0 aromatic heterocycles. The van der Waals surface area contributed by atoms with Crippen LogP contribution in [0.5, 0.6) is 0 Å². The number of hydrogen-bond acceptors (Lipinski definition) is 3. The van der Waals surface area contributed by atoms with Gasteiger partial charge in [0.15, 0.2) is 0 Å². The Morgan fingerprint density at radius 3 is 0.700 bits per heavy atom. The maximum Gasteiger partial charge on any atom is 0.0689 e. The van der Waals surface area contributed by atoms with E-state index < -0.39 is 5.09 Å². The van der Waals surface area contributed by atoms with Crippen LogP contribution in [0.15, 0.2) is 0 Å². The molecule has 10 heavy (non-hydrogen) atoms. The average molecular weight is 170 g/mol. The predicted molar refractivity (Wildman–Crippen MR) is 32.0 cm³/mol. The van der Waals surface area contributed by atoms with Gasteiger partial charge in [0.2, 0.25) is 0 Å². The van der Waals surface area contributed by atoms with E-state index in [4.69, 9.17) is 15.3 Å². The molecule has 0 aliphatic rings. The van der Waals surface area contributed by atoms with E-state index >= 15 is 0 Å². The highest BCUT2D eigenvalue weighted by molar-refractivity contribution is 4.03. The van der Waals surface area contributed by atoms with Crippen molar-refractivity contribution in [1.82, 2.24) is 0 Å². The van der Waals surface area contributed by atoms with Gasteiger partial charge >= 0.3 is 0 Å². The molecule has 0 aromatic rings. The van der Waals surface area contributed by atoms with Gasteiger partial charge in [-0.1, -0.05) is 0 Å². The number of hydrogen-bond donors (Lipinski definition) is 0. The van der Waals surface area contributed by atoms with Gasteiger partial charge in [0.25, 0.3) is 0 Å². The van der Waals surface area contributed by atoms with Crippen molar-refractivity contribution in [2.24, 2.45) is 0 Å². The Labute approximate surface area is 54.7 Å². The van der Waals surface area contributed by atoms with E-state index in [-0.39, 0.29) is 32.9 Å². The fraction of sp³-hybridized carbons (Fsp3) is 0. The summed E-state index contributed by atoms with van der Waals surface area (Å²) in [6.45, 7) is 0. The summed E-state index contributed by atoms with van der Waals surface area (Å²) >= 11 is 0. The first kappa shape index (κ1) is 148. The summed E-state index contributed by atoms with van der Waals surface area (Å²) < 4.78 is 0. The lowest BCUT2D eigenvalue weighted by Gasteiger charge is -1.74. The zero-order valence-corrected chi connectivity index (χ0v) is 4.67. The molecule has 0 rings (SSSR count). The van der Waals surface area contributed by atoms with Crippen LogP contribution in [0.3, 0.4) is 0 Å². The predicted octanol–water partition coefficient (Wildman–Crippen LogP) is -5.19. The fourth-order valence-corrected chi connectivity index (χ4v) is 0. The summed E-state index contributed by atoms with van der Waals surface area (Å²) in [5.41, 5.74) is 0. The Balaban J connectivity index is -0.00000000300. The molecule has 0 spiro atoms. The molecule has 0 heterocycles. The van der Waals surface area contributed by atoms with Crippen molar-refractivity contribution in [3.8, 4) is 0 Å². The SMILES string of the molecule is O.O.O.O.O.O.O=[N+]([O-])[O-]. The van der Waals surface area contributed by atoms with Gasteiger partial charge in [0, 0.05) is 0 Å². The van der Waals surface area contributed by atoms with Crippen LogP contribution in [0.4, 0.5) is 0 Å². The summed E-state index contributed by atoms with van der Waals surface area (Å²) in [6, 6.07) is 0. The quantitative estimate of drug-likeness (QED) is 0.255. The molecule has 0 saturated heterocycles. The summed E-state index contributed by atoms with van der Waals surface area (Å²) in [5, 5.41) is 14.8. The van der Waals surface area contributed by atoms with Gasteiger partial charge in [0.05, 0.1) is 5.09 Å². The van der Waals surface area contributed by atoms with Gasteiger partial charge in [0.1, 0.15) is 0 Å². The summed E-state index contributed by atoms with van der Waals surface area (Å²) in [5.74, 6) is 0. The van der Waals surface area contributed by atoms with Gasteiger partial charge < -0.3 is 48.2 Å². The largest absolute Gasteiger partial charge is 0.412 e. The van der Waals surface area contributed by atoms with Crippen molar-refractivity contribution in [2.75, 3.05) is 0 Å². The van der Waals surface area contributed by atoms with Crippen LogP contribution < -0.4 is 0 Å². The Hall–Kier alpha value is -1.04. The smallest absolute Gasteiger partial charge is 0.0689 e. The van der Waals surface area contributed by atoms with Crippen LogP contribution >= 0.6 is 0 Å². The molecule has 0 aliphatic carbocycles. The first-order valence-corrected chi connectivity index (χ1v) is 0.548. The zero-order chi connectivity index (χ0) is 3.58. The Morgan fingerprint density at radius 2 is 0.700 bits per heavy atom. The maximum atomic E-state index is 8.25. The van der Waals surface area contributed by atoms with Gasteiger partial charge in [-0.25, -0.2) is 0 Å². The summed E-state index contributed by atoms with van der Waals surface area (Å²) in [6.07, 6.45) is 0. The topological polar surface area (TPSA) is 255 Å². The lowest BCUT2D eigenvalue weighted by Crippen LogP contribution is -1.74. The molecule has 0 atom stereocenters. The number of nitrogens with zero attached hydrogens (tertiary/aromatic N) is 1. The van der Waals surface area contributed by atoms with Crippen LogP contribution in [0, 0.1) is 15.3 Å². The van der Waals surface area contributed by atoms with Crippen LogP contribution in [0.1, 0.15) is 0 Å². The third-order valence-electron chi connectivity index (χ3n) is 0. The monoisotopic (exact) mass is 170 g/mol. The molecule has 72 valence electrons. The highest BCUT2D eigenvalue weighted by Gasteiger charge is 1.45. The lowest BCUT2D eigenvalue weighted by atomic mass is 13.1. The molecular formula is H12NO9-. The molecule has 0 radical (unpaired) electrons. The lowest BCUT2D eigenvalue weighted by molar-refractivity contribution is -0.402. The van der Waals surface area contributed by atoms with Gasteiger partial charge in [-0.3, -0.25) is 0 Å². The van der Waals surface area contributed by atoms with Crippen molar-refractivity contribution in [3.63, 3.8) is 0 Å². The maximum absolute atomic E-state index is 8.25. The van der Waals surface area contributed by atoms with Crippen molar-refractivity contribution in [2.45, 2.75) is 0 Å². The van der Waals surface area contributed by atoms with Crippen molar-refractivity contribution in [1.29, 1.82) is 0 Å². The second kappa shape index (κ2) is 100. The Kier molecular flexibility index (Phi) is 1480. The molecule has 0 bridgehead atoms. The van der Waals surface area contributed by atoms with Crippen molar-refractivity contribution >= 4 is 0 Å². The minimum absolute atomic E-state index is 0. The molecule has 0 amide bonds. The van der Waals surface area contributed by atoms with E-state index in [1.54, 1.807) is 0 Å². The van der Waals surface area contributed by atoms with E-state index in [0.29, 0.717) is 0 Å². The van der Waals surface area contributed by atoms with Crippen LogP contribution in [0.25, 0.3) is 0 Å².